The van der Waals surface area contributed by atoms with Gasteiger partial charge in [-0.15, -0.1) is 0 Å². The van der Waals surface area contributed by atoms with Gasteiger partial charge in [0.25, 0.3) is 11.8 Å². The molecule has 0 unspecified atom stereocenters. The topological polar surface area (TPSA) is 160 Å². The van der Waals surface area contributed by atoms with Crippen molar-refractivity contribution in [3.63, 3.8) is 0 Å². The summed E-state index contributed by atoms with van der Waals surface area (Å²) >= 11 is 6.34. The van der Waals surface area contributed by atoms with Crippen LogP contribution < -0.4 is 10.1 Å². The summed E-state index contributed by atoms with van der Waals surface area (Å²) in [6.07, 6.45) is -6.10. The van der Waals surface area contributed by atoms with E-state index >= 15 is 0 Å². The lowest BCUT2D eigenvalue weighted by atomic mass is 9.81. The summed E-state index contributed by atoms with van der Waals surface area (Å²) in [7, 11) is 2.80. The molecule has 0 aromatic heterocycles. The van der Waals surface area contributed by atoms with Crippen LogP contribution in [-0.2, 0) is 25.9 Å². The van der Waals surface area contributed by atoms with Crippen LogP contribution in [0, 0.1) is 0 Å². The normalized spacial score (nSPS) is 11.3. The number of carbonyl (C=O) groups excluding carboxylic acids is 3. The van der Waals surface area contributed by atoms with Crippen LogP contribution in [0.2, 0.25) is 5.02 Å². The second-order valence-electron chi connectivity index (χ2n) is 10.6. The number of nitrogens with zero attached hydrogens (tertiary/aromatic N) is 1. The summed E-state index contributed by atoms with van der Waals surface area (Å²) in [4.78, 5) is 64.7. The zero-order valence-corrected chi connectivity index (χ0v) is 26.3. The van der Waals surface area contributed by atoms with Crippen molar-refractivity contribution in [1.29, 1.82) is 0 Å². The van der Waals surface area contributed by atoms with Gasteiger partial charge in [-0.2, -0.15) is 13.2 Å². The molecule has 2 amide bonds. The first-order valence-corrected chi connectivity index (χ1v) is 14.4. The average molecular weight is 699 g/mol. The lowest BCUT2D eigenvalue weighted by Crippen LogP contribution is -2.48. The third-order valence-electron chi connectivity index (χ3n) is 7.25. The molecule has 4 aromatic carbocycles. The van der Waals surface area contributed by atoms with Crippen molar-refractivity contribution in [3.05, 3.63) is 118 Å². The molecule has 11 nitrogen and oxygen atoms in total. The lowest BCUT2D eigenvalue weighted by Gasteiger charge is -2.24. The Bertz CT molecular complexity index is 1900. The van der Waals surface area contributed by atoms with E-state index in [0.29, 0.717) is 5.56 Å². The molecule has 0 atom stereocenters. The Morgan fingerprint density at radius 3 is 1.96 bits per heavy atom. The van der Waals surface area contributed by atoms with Gasteiger partial charge in [-0.05, 0) is 47.0 Å². The Hall–Kier alpha value is -5.89. The standard InChI is InChI=1S/C34H26ClF3N2O9/c1-40(2)29(42)24-16-27(49-32(47)48-18-33(30(43)44,31(45)46)20-8-4-3-5-9-20)25(35)17-26(24)39-28(41)23-11-7-6-10-22(23)19-12-14-21(15-13-19)34(36,37)38/h3-17H,18H2,1-2H3,(H,39,41)(H,43,44)(H,45,46). The number of ether oxygens (including phenoxy) is 2. The second-order valence-corrected chi connectivity index (χ2v) is 11.0. The van der Waals surface area contributed by atoms with Gasteiger partial charge in [-0.1, -0.05) is 72.3 Å². The number of carbonyl (C=O) groups is 5. The minimum absolute atomic E-state index is 0.0456. The van der Waals surface area contributed by atoms with Crippen LogP contribution in [-0.4, -0.2) is 65.7 Å². The Morgan fingerprint density at radius 1 is 0.796 bits per heavy atom. The number of halogens is 4. The van der Waals surface area contributed by atoms with Crippen LogP contribution in [0.25, 0.3) is 11.1 Å². The van der Waals surface area contributed by atoms with E-state index in [1.165, 1.54) is 74.8 Å². The van der Waals surface area contributed by atoms with Crippen molar-refractivity contribution in [3.8, 4) is 16.9 Å². The number of carboxylic acid groups (broad SMARTS) is 2. The molecule has 3 N–H and O–H groups in total. The molecule has 254 valence electrons. The fourth-order valence-electron chi connectivity index (χ4n) is 4.67. The number of carboxylic acids is 2. The molecule has 0 spiro atoms. The fraction of sp³-hybridized carbons (Fsp3) is 0.147. The van der Waals surface area contributed by atoms with Crippen LogP contribution in [0.3, 0.4) is 0 Å². The molecular formula is C34H26ClF3N2O9. The fourth-order valence-corrected chi connectivity index (χ4v) is 4.87. The predicted molar refractivity (Wildman–Crippen MR) is 170 cm³/mol. The van der Waals surface area contributed by atoms with Gasteiger partial charge in [0.1, 0.15) is 6.61 Å². The third kappa shape index (κ3) is 7.81. The van der Waals surface area contributed by atoms with Crippen molar-refractivity contribution >= 4 is 47.2 Å². The monoisotopic (exact) mass is 698 g/mol. The van der Waals surface area contributed by atoms with E-state index in [-0.39, 0.29) is 33.0 Å². The predicted octanol–water partition coefficient (Wildman–Crippen LogP) is 6.60. The maximum Gasteiger partial charge on any atom is 0.513 e. The van der Waals surface area contributed by atoms with E-state index in [4.69, 9.17) is 21.1 Å². The zero-order valence-electron chi connectivity index (χ0n) is 25.6. The highest BCUT2D eigenvalue weighted by molar-refractivity contribution is 6.33. The Morgan fingerprint density at radius 2 is 1.39 bits per heavy atom. The van der Waals surface area contributed by atoms with E-state index in [1.54, 1.807) is 6.07 Å². The highest BCUT2D eigenvalue weighted by atomic mass is 35.5. The van der Waals surface area contributed by atoms with Crippen molar-refractivity contribution in [2.75, 3.05) is 26.0 Å². The van der Waals surface area contributed by atoms with E-state index in [2.05, 4.69) is 5.32 Å². The quantitative estimate of drug-likeness (QED) is 0.0942. The van der Waals surface area contributed by atoms with Crippen LogP contribution in [0.1, 0.15) is 31.8 Å². The second kappa shape index (κ2) is 14.5. The molecule has 0 aliphatic carbocycles. The minimum atomic E-state index is -4.56. The van der Waals surface area contributed by atoms with Gasteiger partial charge in [0.05, 0.1) is 21.8 Å². The van der Waals surface area contributed by atoms with Crippen molar-refractivity contribution in [1.82, 2.24) is 4.90 Å². The number of hydrogen-bond acceptors (Lipinski definition) is 7. The van der Waals surface area contributed by atoms with Crippen LogP contribution in [0.15, 0.2) is 91.0 Å². The lowest BCUT2D eigenvalue weighted by molar-refractivity contribution is -0.160. The first kappa shape index (κ1) is 36.0. The van der Waals surface area contributed by atoms with E-state index in [9.17, 15) is 47.4 Å². The number of amides is 2. The molecule has 0 heterocycles. The largest absolute Gasteiger partial charge is 0.513 e. The van der Waals surface area contributed by atoms with E-state index in [1.807, 2.05) is 0 Å². The summed E-state index contributed by atoms with van der Waals surface area (Å²) in [6.45, 7) is -1.17. The molecule has 0 saturated carbocycles. The van der Waals surface area contributed by atoms with E-state index in [0.717, 1.165) is 29.2 Å². The highest BCUT2D eigenvalue weighted by Gasteiger charge is 2.50. The van der Waals surface area contributed by atoms with Gasteiger partial charge in [-0.3, -0.25) is 19.2 Å². The molecule has 0 aliphatic heterocycles. The summed E-state index contributed by atoms with van der Waals surface area (Å²) in [6, 6.07) is 19.2. The number of anilines is 1. The molecule has 15 heteroatoms. The summed E-state index contributed by atoms with van der Waals surface area (Å²) in [5.41, 5.74) is -3.43. The first-order chi connectivity index (χ1) is 23.1. The van der Waals surface area contributed by atoms with E-state index < -0.39 is 59.4 Å². The summed E-state index contributed by atoms with van der Waals surface area (Å²) < 4.78 is 49.3. The number of hydrogen-bond donors (Lipinski definition) is 3. The zero-order chi connectivity index (χ0) is 36.1. The molecule has 4 rings (SSSR count). The number of nitrogens with one attached hydrogen (secondary N) is 1. The third-order valence-corrected chi connectivity index (χ3v) is 7.54. The smallest absolute Gasteiger partial charge is 0.480 e. The number of alkyl halides is 3. The van der Waals surface area contributed by atoms with Gasteiger partial charge in [0.2, 0.25) is 5.41 Å². The minimum Gasteiger partial charge on any atom is -0.480 e. The molecule has 0 bridgehead atoms. The SMILES string of the molecule is CN(C)C(=O)c1cc(OC(=O)OCC(C(=O)O)(C(=O)O)c2ccccc2)c(Cl)cc1NC(=O)c1ccccc1-c1ccc(C(F)(F)F)cc1. The molecule has 49 heavy (non-hydrogen) atoms. The van der Waals surface area contributed by atoms with Crippen molar-refractivity contribution in [2.24, 2.45) is 0 Å². The van der Waals surface area contributed by atoms with Crippen molar-refractivity contribution in [2.45, 2.75) is 11.6 Å². The number of rotatable bonds is 10. The number of aliphatic carboxylic acids is 2. The van der Waals surface area contributed by atoms with Gasteiger partial charge >= 0.3 is 24.3 Å². The van der Waals surface area contributed by atoms with Crippen LogP contribution >= 0.6 is 11.6 Å². The maximum atomic E-state index is 13.5. The van der Waals surface area contributed by atoms with Crippen LogP contribution in [0.5, 0.6) is 5.75 Å². The average Bonchev–Trinajstić information content (AvgIpc) is 3.05. The van der Waals surface area contributed by atoms with Gasteiger partial charge in [0.15, 0.2) is 5.75 Å². The van der Waals surface area contributed by atoms with Gasteiger partial charge in [0, 0.05) is 19.7 Å². The maximum absolute atomic E-state index is 13.5. The molecule has 0 radical (unpaired) electrons. The molecule has 0 saturated heterocycles. The van der Waals surface area contributed by atoms with Crippen LogP contribution in [0.4, 0.5) is 23.7 Å². The summed E-state index contributed by atoms with van der Waals surface area (Å²) in [5, 5.41) is 21.8. The molecule has 4 aromatic rings. The van der Waals surface area contributed by atoms with Gasteiger partial charge < -0.3 is 29.9 Å². The summed E-state index contributed by atoms with van der Waals surface area (Å²) in [5.74, 6) is -5.50. The van der Waals surface area contributed by atoms with Gasteiger partial charge in [-0.25, -0.2) is 4.79 Å². The molecule has 0 fully saturated rings. The Balaban J connectivity index is 1.62. The first-order valence-electron chi connectivity index (χ1n) is 14.1. The Labute approximate surface area is 281 Å². The molecule has 0 aliphatic rings. The number of benzene rings is 4. The highest BCUT2D eigenvalue weighted by Crippen LogP contribution is 2.35. The Kier molecular flexibility index (Phi) is 10.6. The van der Waals surface area contributed by atoms with Crippen molar-refractivity contribution < 1.29 is 56.8 Å². The molecular weight excluding hydrogens is 673 g/mol.